The zero-order valence-electron chi connectivity index (χ0n) is 15.1. The standard InChI is InChI=1S/C17H21FN6O4/c1-2-10-12-16(23-14(19)22-12)17(26,27)11(7-24(16)15(20)21-10)28-13(25)8-5-3-4-6-9(8)18/h3-6,10-12,26-27H,2,7H2,1H3,(H5,19,20,21,22,23)/p+1/t10-,11-,12-,16-/m0/s1. The van der Waals surface area contributed by atoms with Crippen molar-refractivity contribution in [2.75, 3.05) is 6.54 Å². The Balaban J connectivity index is 1.72. The van der Waals surface area contributed by atoms with Crippen LogP contribution in [-0.2, 0) is 4.74 Å². The maximum absolute atomic E-state index is 13.9. The topological polar surface area (TPSA) is 158 Å². The predicted molar refractivity (Wildman–Crippen MR) is 95.6 cm³/mol. The molecule has 8 N–H and O–H groups in total. The number of nitrogens with zero attached hydrogens (tertiary/aromatic N) is 2. The van der Waals surface area contributed by atoms with Crippen molar-refractivity contribution in [2.24, 2.45) is 16.5 Å². The number of nitrogens with one attached hydrogen (secondary N) is 2. The molecule has 1 aromatic carbocycles. The molecule has 0 saturated carbocycles. The quantitative estimate of drug-likeness (QED) is 0.191. The first-order chi connectivity index (χ1) is 13.2. The molecule has 1 spiro atoms. The summed E-state index contributed by atoms with van der Waals surface area (Å²) in [5.41, 5.74) is 10.0. The number of esters is 1. The Kier molecular flexibility index (Phi) is 3.98. The molecular formula is C17H22FN6O4+. The normalized spacial score (nSPS) is 32.7. The van der Waals surface area contributed by atoms with Gasteiger partial charge in [0.2, 0.25) is 5.66 Å². The van der Waals surface area contributed by atoms with E-state index in [1.54, 1.807) is 0 Å². The molecule has 1 aromatic rings. The number of halogens is 1. The first-order valence-corrected chi connectivity index (χ1v) is 8.90. The summed E-state index contributed by atoms with van der Waals surface area (Å²) in [7, 11) is 0. The van der Waals surface area contributed by atoms with Gasteiger partial charge in [0.1, 0.15) is 24.4 Å². The Morgan fingerprint density at radius 2 is 2.14 bits per heavy atom. The average molecular weight is 393 g/mol. The van der Waals surface area contributed by atoms with Gasteiger partial charge < -0.3 is 26.0 Å². The molecule has 28 heavy (non-hydrogen) atoms. The smallest absolute Gasteiger partial charge is 0.346 e. The largest absolute Gasteiger partial charge is 0.449 e. The Labute approximate surface area is 159 Å². The lowest BCUT2D eigenvalue weighted by atomic mass is 9.85. The number of hydrogen-bond donors (Lipinski definition) is 6. The van der Waals surface area contributed by atoms with Crippen LogP contribution in [-0.4, -0.2) is 68.9 Å². The fourth-order valence-electron chi connectivity index (χ4n) is 4.24. The molecule has 0 aromatic heterocycles. The number of ether oxygens (including phenoxy) is 1. The highest BCUT2D eigenvalue weighted by molar-refractivity contribution is 5.90. The van der Waals surface area contributed by atoms with Crippen molar-refractivity contribution in [1.29, 1.82) is 0 Å². The molecule has 0 unspecified atom stereocenters. The summed E-state index contributed by atoms with van der Waals surface area (Å²) in [6.45, 7) is 1.73. The van der Waals surface area contributed by atoms with Gasteiger partial charge in [-0.2, -0.15) is 0 Å². The Morgan fingerprint density at radius 3 is 2.82 bits per heavy atom. The van der Waals surface area contributed by atoms with Crippen LogP contribution in [0.25, 0.3) is 0 Å². The lowest BCUT2D eigenvalue weighted by Gasteiger charge is -2.43. The predicted octanol–water partition coefficient (Wildman–Crippen LogP) is -2.26. The van der Waals surface area contributed by atoms with E-state index >= 15 is 0 Å². The molecule has 3 heterocycles. The minimum absolute atomic E-state index is 0.0125. The number of benzene rings is 1. The van der Waals surface area contributed by atoms with Crippen molar-refractivity contribution in [3.8, 4) is 0 Å². The van der Waals surface area contributed by atoms with Gasteiger partial charge >= 0.3 is 11.9 Å². The van der Waals surface area contributed by atoms with Crippen molar-refractivity contribution in [3.63, 3.8) is 0 Å². The summed E-state index contributed by atoms with van der Waals surface area (Å²) in [6, 6.07) is 4.24. The molecule has 3 aliphatic rings. The van der Waals surface area contributed by atoms with Crippen LogP contribution in [0.15, 0.2) is 29.3 Å². The van der Waals surface area contributed by atoms with Crippen molar-refractivity contribution >= 4 is 17.9 Å². The lowest BCUT2D eigenvalue weighted by Crippen LogP contribution is -2.78. The Morgan fingerprint density at radius 1 is 1.43 bits per heavy atom. The van der Waals surface area contributed by atoms with Gasteiger partial charge in [-0.25, -0.2) is 18.8 Å². The summed E-state index contributed by atoms with van der Waals surface area (Å²) in [5, 5.41) is 28.0. The van der Waals surface area contributed by atoms with Crippen LogP contribution in [0.2, 0.25) is 0 Å². The second kappa shape index (κ2) is 6.04. The van der Waals surface area contributed by atoms with Crippen molar-refractivity contribution in [2.45, 2.75) is 43.0 Å². The summed E-state index contributed by atoms with van der Waals surface area (Å²) < 4.78 is 20.6. The van der Waals surface area contributed by atoms with Gasteiger partial charge in [0, 0.05) is 0 Å². The highest BCUT2D eigenvalue weighted by Crippen LogP contribution is 2.43. The fraction of sp³-hybridized carbons (Fsp3) is 0.471. The fourth-order valence-corrected chi connectivity index (χ4v) is 4.24. The van der Waals surface area contributed by atoms with Crippen molar-refractivity contribution in [3.05, 3.63) is 35.6 Å². The van der Waals surface area contributed by atoms with E-state index in [2.05, 4.69) is 15.6 Å². The van der Waals surface area contributed by atoms with Crippen molar-refractivity contribution < 1.29 is 28.7 Å². The summed E-state index contributed by atoms with van der Waals surface area (Å²) >= 11 is 0. The Bertz CT molecular complexity index is 903. The summed E-state index contributed by atoms with van der Waals surface area (Å²) in [4.78, 5) is 16.7. The third-order valence-electron chi connectivity index (χ3n) is 5.60. The van der Waals surface area contributed by atoms with E-state index in [1.165, 1.54) is 22.8 Å². The maximum Gasteiger partial charge on any atom is 0.346 e. The second-order valence-electron chi connectivity index (χ2n) is 7.11. The SMILES string of the molecule is CC[C@@H]1NC(N)=[N+]2C[C@H](OC(=O)c3ccccc3F)C(O)(O)[C@@]23NC(N)=N[C@@H]13. The average Bonchev–Trinajstić information content (AvgIpc) is 3.11. The number of aliphatic imine (C=N–C) groups is 1. The Hall–Kier alpha value is -2.92. The van der Waals surface area contributed by atoms with E-state index in [4.69, 9.17) is 16.2 Å². The van der Waals surface area contributed by atoms with Crippen LogP contribution in [0, 0.1) is 5.82 Å². The molecule has 4 atom stereocenters. The molecule has 0 amide bonds. The van der Waals surface area contributed by atoms with Gasteiger partial charge in [0.05, 0.1) is 5.56 Å². The van der Waals surface area contributed by atoms with Gasteiger partial charge in [-0.05, 0) is 18.6 Å². The molecule has 0 bridgehead atoms. The van der Waals surface area contributed by atoms with Gasteiger partial charge in [-0.1, -0.05) is 19.1 Å². The zero-order chi connectivity index (χ0) is 20.3. The molecule has 0 radical (unpaired) electrons. The zero-order valence-corrected chi connectivity index (χ0v) is 15.1. The van der Waals surface area contributed by atoms with Gasteiger partial charge in [0.25, 0.3) is 5.79 Å². The third kappa shape index (κ3) is 2.29. The van der Waals surface area contributed by atoms with Crippen LogP contribution < -0.4 is 22.1 Å². The van der Waals surface area contributed by atoms with Crippen LogP contribution in [0.5, 0.6) is 0 Å². The van der Waals surface area contributed by atoms with Crippen LogP contribution >= 0.6 is 0 Å². The van der Waals surface area contributed by atoms with Crippen LogP contribution in [0.3, 0.4) is 0 Å². The monoisotopic (exact) mass is 393 g/mol. The van der Waals surface area contributed by atoms with Gasteiger partial charge in [-0.3, -0.25) is 11.1 Å². The highest BCUT2D eigenvalue weighted by atomic mass is 19.1. The van der Waals surface area contributed by atoms with Gasteiger partial charge in [0.15, 0.2) is 12.1 Å². The number of rotatable bonds is 3. The van der Waals surface area contributed by atoms with E-state index in [1.807, 2.05) is 6.92 Å². The number of guanidine groups is 2. The van der Waals surface area contributed by atoms with Crippen LogP contribution in [0.4, 0.5) is 4.39 Å². The number of hydrogen-bond acceptors (Lipinski definition) is 9. The third-order valence-corrected chi connectivity index (χ3v) is 5.60. The first-order valence-electron chi connectivity index (χ1n) is 8.90. The number of carbonyl (C=O) groups is 1. The minimum Gasteiger partial charge on any atom is -0.449 e. The maximum atomic E-state index is 13.9. The number of aliphatic hydroxyl groups is 2. The summed E-state index contributed by atoms with van der Waals surface area (Å²) in [6.07, 6.45) is -0.860. The molecule has 10 nitrogen and oxygen atoms in total. The molecule has 3 aliphatic heterocycles. The molecule has 0 aliphatic carbocycles. The van der Waals surface area contributed by atoms with Crippen molar-refractivity contribution in [1.82, 2.24) is 10.6 Å². The number of nitrogens with two attached hydrogens (primary N) is 2. The van der Waals surface area contributed by atoms with E-state index in [9.17, 15) is 19.4 Å². The molecule has 1 saturated heterocycles. The minimum atomic E-state index is -2.61. The number of carbonyl (C=O) groups excluding carboxylic acids is 1. The van der Waals surface area contributed by atoms with E-state index in [0.717, 1.165) is 6.07 Å². The molecule has 11 heteroatoms. The van der Waals surface area contributed by atoms with E-state index in [-0.39, 0.29) is 30.1 Å². The highest BCUT2D eigenvalue weighted by Gasteiger charge is 2.75. The lowest BCUT2D eigenvalue weighted by molar-refractivity contribution is -0.623. The first kappa shape index (κ1) is 18.4. The molecule has 1 fully saturated rings. The van der Waals surface area contributed by atoms with Crippen LogP contribution in [0.1, 0.15) is 23.7 Å². The van der Waals surface area contributed by atoms with Gasteiger partial charge in [-0.15, -0.1) is 0 Å². The second-order valence-corrected chi connectivity index (χ2v) is 7.11. The molecule has 4 rings (SSSR count). The van der Waals surface area contributed by atoms with E-state index in [0.29, 0.717) is 6.42 Å². The molecule has 150 valence electrons. The van der Waals surface area contributed by atoms with E-state index < -0.39 is 35.4 Å². The molecular weight excluding hydrogens is 371 g/mol. The summed E-state index contributed by atoms with van der Waals surface area (Å²) in [5.74, 6) is -4.22.